The lowest BCUT2D eigenvalue weighted by Gasteiger charge is -2.20. The summed E-state index contributed by atoms with van der Waals surface area (Å²) < 4.78 is 4.02. The number of nitrogens with one attached hydrogen (secondary N) is 1. The van der Waals surface area contributed by atoms with Crippen LogP contribution in [0, 0.1) is 12.3 Å². The molecule has 1 heterocycles. The Morgan fingerprint density at radius 3 is 2.67 bits per heavy atom. The zero-order chi connectivity index (χ0) is 11.5. The standard InChI is InChI=1S/C11H17N3S/c1-6-7-8(12-5)9-10(11(2,3)4)13-14-15-9/h1,8,12H,7H2,2-5H3. The Morgan fingerprint density at radius 2 is 2.20 bits per heavy atom. The topological polar surface area (TPSA) is 37.8 Å². The molecule has 1 aromatic heterocycles. The van der Waals surface area contributed by atoms with E-state index in [4.69, 9.17) is 6.42 Å². The summed E-state index contributed by atoms with van der Waals surface area (Å²) in [5.41, 5.74) is 1.06. The number of hydrogen-bond acceptors (Lipinski definition) is 4. The Hall–Kier alpha value is -0.920. The summed E-state index contributed by atoms with van der Waals surface area (Å²) in [6.45, 7) is 6.40. The molecule has 0 aliphatic heterocycles. The first-order valence-electron chi connectivity index (χ1n) is 4.94. The molecule has 1 atom stereocenters. The molecular weight excluding hydrogens is 206 g/mol. The molecule has 0 aromatic carbocycles. The zero-order valence-corrected chi connectivity index (χ0v) is 10.5. The lowest BCUT2D eigenvalue weighted by atomic mass is 9.89. The number of rotatable bonds is 3. The van der Waals surface area contributed by atoms with Crippen LogP contribution in [0.2, 0.25) is 0 Å². The van der Waals surface area contributed by atoms with Crippen LogP contribution >= 0.6 is 11.5 Å². The van der Waals surface area contributed by atoms with Gasteiger partial charge in [0.2, 0.25) is 0 Å². The molecule has 0 saturated heterocycles. The van der Waals surface area contributed by atoms with Gasteiger partial charge in [-0.05, 0) is 18.6 Å². The van der Waals surface area contributed by atoms with Crippen molar-refractivity contribution >= 4 is 11.5 Å². The van der Waals surface area contributed by atoms with Gasteiger partial charge in [-0.25, -0.2) is 0 Å². The van der Waals surface area contributed by atoms with Crippen LogP contribution in [0.4, 0.5) is 0 Å². The highest BCUT2D eigenvalue weighted by molar-refractivity contribution is 7.05. The van der Waals surface area contributed by atoms with Crippen molar-refractivity contribution in [2.45, 2.75) is 38.6 Å². The maximum Gasteiger partial charge on any atom is 0.0857 e. The monoisotopic (exact) mass is 223 g/mol. The van der Waals surface area contributed by atoms with Gasteiger partial charge >= 0.3 is 0 Å². The molecule has 0 saturated carbocycles. The highest BCUT2D eigenvalue weighted by Gasteiger charge is 2.25. The van der Waals surface area contributed by atoms with E-state index in [9.17, 15) is 0 Å². The molecule has 82 valence electrons. The first kappa shape index (κ1) is 12.2. The molecule has 0 spiro atoms. The third kappa shape index (κ3) is 2.77. The van der Waals surface area contributed by atoms with Crippen LogP contribution in [-0.4, -0.2) is 16.6 Å². The van der Waals surface area contributed by atoms with Crippen molar-refractivity contribution in [3.05, 3.63) is 10.6 Å². The second kappa shape index (κ2) is 4.73. The lowest BCUT2D eigenvalue weighted by Crippen LogP contribution is -2.21. The molecule has 15 heavy (non-hydrogen) atoms. The van der Waals surface area contributed by atoms with Crippen LogP contribution < -0.4 is 5.32 Å². The molecule has 1 rings (SSSR count). The van der Waals surface area contributed by atoms with E-state index in [1.165, 1.54) is 11.5 Å². The predicted molar refractivity (Wildman–Crippen MR) is 63.9 cm³/mol. The van der Waals surface area contributed by atoms with E-state index in [1.807, 2.05) is 7.05 Å². The summed E-state index contributed by atoms with van der Waals surface area (Å²) in [4.78, 5) is 1.16. The summed E-state index contributed by atoms with van der Waals surface area (Å²) in [5.74, 6) is 2.67. The normalized spacial score (nSPS) is 13.5. The SMILES string of the molecule is C#CCC(NC)c1snnc1C(C)(C)C. The maximum atomic E-state index is 5.34. The molecule has 1 N–H and O–H groups in total. The van der Waals surface area contributed by atoms with Crippen molar-refractivity contribution in [3.8, 4) is 12.3 Å². The number of nitrogens with zero attached hydrogens (tertiary/aromatic N) is 2. The Bertz CT molecular complexity index is 357. The smallest absolute Gasteiger partial charge is 0.0857 e. The van der Waals surface area contributed by atoms with Crippen LogP contribution in [0.15, 0.2) is 0 Å². The van der Waals surface area contributed by atoms with Crippen LogP contribution in [0.3, 0.4) is 0 Å². The summed E-state index contributed by atoms with van der Waals surface area (Å²) >= 11 is 1.43. The molecule has 1 unspecified atom stereocenters. The van der Waals surface area contributed by atoms with Gasteiger partial charge in [-0.3, -0.25) is 0 Å². The largest absolute Gasteiger partial charge is 0.311 e. The van der Waals surface area contributed by atoms with Crippen molar-refractivity contribution in [1.29, 1.82) is 0 Å². The first-order chi connectivity index (χ1) is 7.00. The molecule has 4 heteroatoms. The van der Waals surface area contributed by atoms with Crippen molar-refractivity contribution in [2.75, 3.05) is 7.05 Å². The molecular formula is C11H17N3S. The molecule has 0 fully saturated rings. The Morgan fingerprint density at radius 1 is 1.53 bits per heavy atom. The van der Waals surface area contributed by atoms with Gasteiger partial charge in [0.15, 0.2) is 0 Å². The lowest BCUT2D eigenvalue weighted by molar-refractivity contribution is 0.536. The molecule has 0 radical (unpaired) electrons. The summed E-state index contributed by atoms with van der Waals surface area (Å²) in [6, 6.07) is 0.171. The Kier molecular flexibility index (Phi) is 3.83. The number of aromatic nitrogens is 2. The fourth-order valence-electron chi connectivity index (χ4n) is 1.39. The second-order valence-electron chi connectivity index (χ2n) is 4.49. The van der Waals surface area contributed by atoms with Crippen LogP contribution in [0.5, 0.6) is 0 Å². The van der Waals surface area contributed by atoms with E-state index < -0.39 is 0 Å². The van der Waals surface area contributed by atoms with Gasteiger partial charge in [0, 0.05) is 11.8 Å². The average Bonchev–Trinajstić information content (AvgIpc) is 2.61. The van der Waals surface area contributed by atoms with Crippen molar-refractivity contribution in [2.24, 2.45) is 0 Å². The zero-order valence-electron chi connectivity index (χ0n) is 9.66. The summed E-state index contributed by atoms with van der Waals surface area (Å²) in [5, 5.41) is 7.40. The molecule has 0 aliphatic rings. The Balaban J connectivity index is 3.04. The molecule has 0 bridgehead atoms. The highest BCUT2D eigenvalue weighted by atomic mass is 32.1. The maximum absolute atomic E-state index is 5.34. The minimum Gasteiger partial charge on any atom is -0.311 e. The molecule has 1 aromatic rings. The quantitative estimate of drug-likeness (QED) is 0.798. The van der Waals surface area contributed by atoms with E-state index >= 15 is 0 Å². The summed E-state index contributed by atoms with van der Waals surface area (Å²) in [6.07, 6.45) is 6.01. The van der Waals surface area contributed by atoms with E-state index in [0.29, 0.717) is 6.42 Å². The predicted octanol–water partition coefficient (Wildman–Crippen LogP) is 2.12. The fourth-order valence-corrected chi connectivity index (χ4v) is 2.36. The van der Waals surface area contributed by atoms with Crippen molar-refractivity contribution < 1.29 is 0 Å². The van der Waals surface area contributed by atoms with Crippen molar-refractivity contribution in [1.82, 2.24) is 14.9 Å². The fraction of sp³-hybridized carbons (Fsp3) is 0.636. The van der Waals surface area contributed by atoms with Gasteiger partial charge < -0.3 is 5.32 Å². The average molecular weight is 223 g/mol. The van der Waals surface area contributed by atoms with E-state index in [2.05, 4.69) is 41.6 Å². The van der Waals surface area contributed by atoms with Gasteiger partial charge in [-0.2, -0.15) is 0 Å². The minimum absolute atomic E-state index is 0.0199. The highest BCUT2D eigenvalue weighted by Crippen LogP contribution is 2.31. The van der Waals surface area contributed by atoms with Gasteiger partial charge in [-0.1, -0.05) is 25.3 Å². The molecule has 3 nitrogen and oxygen atoms in total. The first-order valence-corrected chi connectivity index (χ1v) is 5.71. The second-order valence-corrected chi connectivity index (χ2v) is 5.27. The third-order valence-electron chi connectivity index (χ3n) is 2.21. The van der Waals surface area contributed by atoms with Crippen LogP contribution in [-0.2, 0) is 5.41 Å². The molecule has 0 amide bonds. The van der Waals surface area contributed by atoms with E-state index in [0.717, 1.165) is 10.6 Å². The van der Waals surface area contributed by atoms with Gasteiger partial charge in [0.25, 0.3) is 0 Å². The molecule has 0 aliphatic carbocycles. The summed E-state index contributed by atoms with van der Waals surface area (Å²) in [7, 11) is 1.91. The number of terminal acetylenes is 1. The third-order valence-corrected chi connectivity index (χ3v) is 3.05. The van der Waals surface area contributed by atoms with Crippen LogP contribution in [0.1, 0.15) is 43.8 Å². The van der Waals surface area contributed by atoms with Crippen molar-refractivity contribution in [3.63, 3.8) is 0 Å². The van der Waals surface area contributed by atoms with E-state index in [1.54, 1.807) is 0 Å². The Labute approximate surface area is 95.5 Å². The van der Waals surface area contributed by atoms with Gasteiger partial charge in [0.05, 0.1) is 16.6 Å². The van der Waals surface area contributed by atoms with Crippen LogP contribution in [0.25, 0.3) is 0 Å². The van der Waals surface area contributed by atoms with E-state index in [-0.39, 0.29) is 11.5 Å². The van der Waals surface area contributed by atoms with Gasteiger partial charge in [-0.15, -0.1) is 17.4 Å². The van der Waals surface area contributed by atoms with Gasteiger partial charge in [0.1, 0.15) is 0 Å². The minimum atomic E-state index is 0.0199. The number of hydrogen-bond donors (Lipinski definition) is 1.